The lowest BCUT2D eigenvalue weighted by atomic mass is 9.45. The van der Waals surface area contributed by atoms with Crippen LogP contribution in [0.25, 0.3) is 10.9 Å². The van der Waals surface area contributed by atoms with Crippen molar-refractivity contribution in [3.63, 3.8) is 0 Å². The van der Waals surface area contributed by atoms with E-state index in [1.54, 1.807) is 12.1 Å². The Bertz CT molecular complexity index is 1610. The molecule has 2 N–H and O–H groups in total. The van der Waals surface area contributed by atoms with E-state index < -0.39 is 0 Å². The fourth-order valence-corrected chi connectivity index (χ4v) is 7.36. The first-order valence-corrected chi connectivity index (χ1v) is 15.1. The number of halogens is 1. The van der Waals surface area contributed by atoms with Gasteiger partial charge in [0.05, 0.1) is 29.8 Å². The van der Waals surface area contributed by atoms with E-state index in [1.165, 1.54) is 23.4 Å². The van der Waals surface area contributed by atoms with Gasteiger partial charge in [0.25, 0.3) is 5.56 Å². The van der Waals surface area contributed by atoms with Crippen molar-refractivity contribution >= 4 is 28.5 Å². The number of guanidine groups is 1. The lowest BCUT2D eigenvalue weighted by Gasteiger charge is -2.61. The van der Waals surface area contributed by atoms with Crippen molar-refractivity contribution in [2.75, 3.05) is 18.4 Å². The van der Waals surface area contributed by atoms with Crippen LogP contribution >= 0.6 is 0 Å². The lowest BCUT2D eigenvalue weighted by molar-refractivity contribution is -0.124. The monoisotopic (exact) mass is 572 g/mol. The number of carbonyl (C=O) groups is 1. The van der Waals surface area contributed by atoms with Gasteiger partial charge in [-0.15, -0.1) is 0 Å². The second-order valence-electron chi connectivity index (χ2n) is 13.3. The van der Waals surface area contributed by atoms with E-state index in [-0.39, 0.29) is 35.9 Å². The number of carbonyl (C=O) groups excluding carboxylic acids is 1. The Balaban J connectivity index is 1.25. The predicted octanol–water partition coefficient (Wildman–Crippen LogP) is 4.75. The highest BCUT2D eigenvalue weighted by molar-refractivity contribution is 5.98. The van der Waals surface area contributed by atoms with Crippen LogP contribution < -0.4 is 16.2 Å². The zero-order chi connectivity index (χ0) is 29.8. The van der Waals surface area contributed by atoms with Crippen molar-refractivity contribution in [1.82, 2.24) is 19.8 Å². The number of aromatic nitrogens is 2. The largest absolute Gasteiger partial charge is 0.350 e. The maximum Gasteiger partial charge on any atom is 0.261 e. The predicted molar refractivity (Wildman–Crippen MR) is 164 cm³/mol. The summed E-state index contributed by atoms with van der Waals surface area (Å²) in [7, 11) is 0. The number of rotatable bonds is 5. The summed E-state index contributed by atoms with van der Waals surface area (Å²) in [5, 5.41) is 6.99. The number of fused-ring (bicyclic) bond motifs is 3. The van der Waals surface area contributed by atoms with Crippen molar-refractivity contribution in [2.24, 2.45) is 28.2 Å². The molecule has 1 aliphatic heterocycles. The van der Waals surface area contributed by atoms with Gasteiger partial charge in [0.2, 0.25) is 5.91 Å². The fourth-order valence-electron chi connectivity index (χ4n) is 7.36. The highest BCUT2D eigenvalue weighted by Gasteiger charge is 2.56. The molecular weight excluding hydrogens is 531 g/mol. The van der Waals surface area contributed by atoms with Crippen LogP contribution in [0, 0.1) is 35.9 Å². The first-order chi connectivity index (χ1) is 20.0. The Morgan fingerprint density at radius 2 is 1.98 bits per heavy atom. The molecule has 222 valence electrons. The number of benzene rings is 2. The van der Waals surface area contributed by atoms with E-state index in [4.69, 9.17) is 4.99 Å². The summed E-state index contributed by atoms with van der Waals surface area (Å²) >= 11 is 0. The molecule has 2 aromatic carbocycles. The number of anilines is 1. The molecule has 3 aromatic rings. The van der Waals surface area contributed by atoms with Crippen LogP contribution in [0.1, 0.15) is 51.7 Å². The maximum atomic E-state index is 14.3. The van der Waals surface area contributed by atoms with Crippen molar-refractivity contribution < 1.29 is 9.18 Å². The summed E-state index contributed by atoms with van der Waals surface area (Å²) in [6.45, 7) is 12.2. The van der Waals surface area contributed by atoms with Gasteiger partial charge in [-0.05, 0) is 91.7 Å². The second kappa shape index (κ2) is 10.8. The third-order valence-corrected chi connectivity index (χ3v) is 10.0. The number of nitrogens with one attached hydrogen (secondary N) is 2. The number of hydrogen-bond acceptors (Lipinski definition) is 4. The molecular formula is C33H41FN6O2. The molecule has 0 radical (unpaired) electrons. The molecule has 4 aliphatic rings. The molecule has 7 rings (SSSR count). The van der Waals surface area contributed by atoms with Crippen LogP contribution in [0.4, 0.5) is 10.1 Å². The van der Waals surface area contributed by atoms with Crippen LogP contribution in [0.15, 0.2) is 52.5 Å². The third kappa shape index (κ3) is 5.29. The molecule has 2 heterocycles. The quantitative estimate of drug-likeness (QED) is 0.340. The summed E-state index contributed by atoms with van der Waals surface area (Å²) in [5.74, 6) is 2.21. The Labute approximate surface area is 246 Å². The van der Waals surface area contributed by atoms with Crippen LogP contribution in [0.5, 0.6) is 0 Å². The average molecular weight is 573 g/mol. The van der Waals surface area contributed by atoms with Gasteiger partial charge >= 0.3 is 0 Å². The zero-order valence-electron chi connectivity index (χ0n) is 25.2. The molecule has 9 heteroatoms. The van der Waals surface area contributed by atoms with E-state index in [1.807, 2.05) is 36.9 Å². The minimum atomic E-state index is -0.256. The van der Waals surface area contributed by atoms with Crippen molar-refractivity contribution in [1.29, 1.82) is 0 Å². The van der Waals surface area contributed by atoms with E-state index in [0.29, 0.717) is 65.1 Å². The number of aliphatic imine (C=N–C) groups is 1. The number of amides is 1. The van der Waals surface area contributed by atoms with Gasteiger partial charge in [0, 0.05) is 24.8 Å². The Morgan fingerprint density at radius 1 is 1.17 bits per heavy atom. The normalized spacial score (nSPS) is 27.0. The van der Waals surface area contributed by atoms with Crippen LogP contribution in [-0.4, -0.2) is 51.5 Å². The highest BCUT2D eigenvalue weighted by Crippen LogP contribution is 2.61. The summed E-state index contributed by atoms with van der Waals surface area (Å²) in [6, 6.07) is 10.9. The summed E-state index contributed by atoms with van der Waals surface area (Å²) in [4.78, 5) is 37.6. The minimum absolute atomic E-state index is 0.0134. The summed E-state index contributed by atoms with van der Waals surface area (Å²) < 4.78 is 15.8. The van der Waals surface area contributed by atoms with Crippen molar-refractivity contribution in [3.05, 3.63) is 70.0 Å². The lowest BCUT2D eigenvalue weighted by Crippen LogP contribution is -2.58. The molecule has 2 bridgehead atoms. The molecule has 8 nitrogen and oxygen atoms in total. The Kier molecular flexibility index (Phi) is 7.31. The van der Waals surface area contributed by atoms with E-state index >= 15 is 0 Å². The first kappa shape index (κ1) is 28.4. The summed E-state index contributed by atoms with van der Waals surface area (Å²) in [5.41, 5.74) is 2.98. The van der Waals surface area contributed by atoms with Gasteiger partial charge in [-0.2, -0.15) is 0 Å². The first-order valence-electron chi connectivity index (χ1n) is 15.1. The van der Waals surface area contributed by atoms with Crippen LogP contribution in [0.3, 0.4) is 0 Å². The van der Waals surface area contributed by atoms with Crippen molar-refractivity contribution in [3.8, 4) is 0 Å². The average Bonchev–Trinajstić information content (AvgIpc) is 2.93. The fraction of sp³-hybridized carbons (Fsp3) is 0.515. The van der Waals surface area contributed by atoms with Crippen LogP contribution in [0.2, 0.25) is 0 Å². The molecule has 3 aliphatic carbocycles. The number of nitrogens with zero attached hydrogens (tertiary/aromatic N) is 4. The van der Waals surface area contributed by atoms with E-state index in [2.05, 4.69) is 36.4 Å². The Morgan fingerprint density at radius 3 is 2.69 bits per heavy atom. The molecule has 0 unspecified atom stereocenters. The second-order valence-corrected chi connectivity index (χ2v) is 13.3. The third-order valence-electron chi connectivity index (χ3n) is 10.0. The smallest absolute Gasteiger partial charge is 0.261 e. The standard InChI is InChI=1S/C33H41FN6O2/c1-19-6-7-22(27(34)12-19)10-11-39-18-35-29-15-24(8-9-25(29)31(39)42)37-32(40-16-20(2)36-30(41)17-40)38-28-14-23-13-26(21(28)3)33(23,4)5/h6-9,12,15,18,20-21,23,26,28H,10-11,13-14,16-17H2,1-5H3,(H,36,41)(H,37,38)/t20-,21+,23+,26+,28-/m0/s1. The van der Waals surface area contributed by atoms with Crippen molar-refractivity contribution in [2.45, 2.75) is 72.5 Å². The topological polar surface area (TPSA) is 91.6 Å². The molecule has 42 heavy (non-hydrogen) atoms. The minimum Gasteiger partial charge on any atom is -0.350 e. The number of aryl methyl sites for hydroxylation is 3. The van der Waals surface area contributed by atoms with Gasteiger partial charge in [-0.25, -0.2) is 14.4 Å². The molecule has 1 saturated heterocycles. The van der Waals surface area contributed by atoms with Gasteiger partial charge in [-0.3, -0.25) is 14.2 Å². The van der Waals surface area contributed by atoms with Crippen LogP contribution in [-0.2, 0) is 17.8 Å². The molecule has 4 fully saturated rings. The zero-order valence-corrected chi connectivity index (χ0v) is 25.2. The molecule has 1 aromatic heterocycles. The Hall–Kier alpha value is -3.75. The molecule has 5 atom stereocenters. The van der Waals surface area contributed by atoms with Gasteiger partial charge in [-0.1, -0.05) is 32.9 Å². The van der Waals surface area contributed by atoms with Gasteiger partial charge in [0.1, 0.15) is 5.82 Å². The molecule has 3 saturated carbocycles. The van der Waals surface area contributed by atoms with E-state index in [9.17, 15) is 14.0 Å². The number of hydrogen-bond donors (Lipinski definition) is 2. The van der Waals surface area contributed by atoms with Gasteiger partial charge in [0.15, 0.2) is 5.96 Å². The SMILES string of the molecule is Cc1ccc(CCn2cnc3cc(NC(=N[C@H]4C[C@H]5C[C@H]([C@H]4C)C5(C)C)N4CC(=O)N[C@@H](C)C4)ccc3c2=O)c(F)c1. The van der Waals surface area contributed by atoms with E-state index in [0.717, 1.165) is 17.7 Å². The van der Waals surface area contributed by atoms with Gasteiger partial charge < -0.3 is 15.5 Å². The maximum absolute atomic E-state index is 14.3. The summed E-state index contributed by atoms with van der Waals surface area (Å²) in [6.07, 6.45) is 4.26. The molecule has 0 spiro atoms. The number of piperazine rings is 1. The highest BCUT2D eigenvalue weighted by atomic mass is 19.1. The molecule has 1 amide bonds.